The average molecular weight is 678 g/mol. The number of hydrogen-bond acceptors (Lipinski definition) is 6. The van der Waals surface area contributed by atoms with Gasteiger partial charge in [0.25, 0.3) is 5.91 Å². The van der Waals surface area contributed by atoms with Gasteiger partial charge in [0.2, 0.25) is 0 Å². The van der Waals surface area contributed by atoms with Gasteiger partial charge < -0.3 is 19.7 Å². The van der Waals surface area contributed by atoms with Crippen molar-refractivity contribution < 1.29 is 29.0 Å². The molecular formula is C40H59N3O6. The Morgan fingerprint density at radius 3 is 2.35 bits per heavy atom. The Hall–Kier alpha value is -2.97. The summed E-state index contributed by atoms with van der Waals surface area (Å²) >= 11 is 0. The standard InChI is InChI=1S/C40H59N3O6/c1-23(2)31-26(44)19-40(42-33(46)25-21-43(10)22-41-25)18-17-38(8)24(32(31)40)11-12-28-37(7)15-14-29(49-30(45)20-35(3,4)34(47)48)36(5,6)27(37)13-16-39(28,38)9/h21-23,27-29,31H,11-20H2,1-10H3,(H,42,46)(H,47,48)/t27-,28+,29-,31?,37-,38+,39+,40+/m0/s1. The van der Waals surface area contributed by atoms with E-state index in [2.05, 4.69) is 58.8 Å². The monoisotopic (exact) mass is 677 g/mol. The second-order valence-corrected chi connectivity index (χ2v) is 18.9. The lowest BCUT2D eigenvalue weighted by molar-refractivity contribution is -0.214. The van der Waals surface area contributed by atoms with Gasteiger partial charge in [0.1, 0.15) is 17.6 Å². The molecule has 9 heteroatoms. The zero-order chi connectivity index (χ0) is 36.1. The molecule has 8 atom stereocenters. The number of nitrogens with one attached hydrogen (secondary N) is 1. The summed E-state index contributed by atoms with van der Waals surface area (Å²) in [5, 5.41) is 13.0. The van der Waals surface area contributed by atoms with Crippen molar-refractivity contribution in [1.29, 1.82) is 0 Å². The van der Waals surface area contributed by atoms with E-state index in [4.69, 9.17) is 4.74 Å². The highest BCUT2D eigenvalue weighted by Gasteiger charge is 2.69. The number of allylic oxidation sites excluding steroid dienone is 1. The van der Waals surface area contributed by atoms with Crippen molar-refractivity contribution in [2.24, 2.45) is 57.8 Å². The molecule has 5 aliphatic rings. The lowest BCUT2D eigenvalue weighted by Gasteiger charge is -2.70. The highest BCUT2D eigenvalue weighted by atomic mass is 16.5. The number of imidazole rings is 1. The number of ketones is 1. The van der Waals surface area contributed by atoms with Crippen molar-refractivity contribution in [3.63, 3.8) is 0 Å². The van der Waals surface area contributed by atoms with Gasteiger partial charge in [-0.15, -0.1) is 0 Å². The first-order valence-corrected chi connectivity index (χ1v) is 18.6. The Balaban J connectivity index is 1.33. The fourth-order valence-corrected chi connectivity index (χ4v) is 12.3. The number of aromatic nitrogens is 2. The van der Waals surface area contributed by atoms with Crippen LogP contribution in [0.3, 0.4) is 0 Å². The average Bonchev–Trinajstić information content (AvgIpc) is 3.55. The lowest BCUT2D eigenvalue weighted by atomic mass is 9.34. The number of aryl methyl sites for hydroxylation is 1. The third-order valence-electron chi connectivity index (χ3n) is 15.0. The van der Waals surface area contributed by atoms with Crippen LogP contribution in [0.2, 0.25) is 0 Å². The van der Waals surface area contributed by atoms with Gasteiger partial charge in [-0.3, -0.25) is 19.2 Å². The molecule has 270 valence electrons. The maximum Gasteiger partial charge on any atom is 0.309 e. The number of fused-ring (bicyclic) bond motifs is 6. The first kappa shape index (κ1) is 35.8. The molecule has 1 amide bonds. The normalized spacial score (nSPS) is 38.3. The number of carbonyl (C=O) groups is 4. The Morgan fingerprint density at radius 2 is 1.73 bits per heavy atom. The zero-order valence-corrected chi connectivity index (χ0v) is 31.5. The van der Waals surface area contributed by atoms with Crippen molar-refractivity contribution >= 4 is 23.6 Å². The van der Waals surface area contributed by atoms with Crippen molar-refractivity contribution in [2.45, 2.75) is 138 Å². The second kappa shape index (κ2) is 11.5. The van der Waals surface area contributed by atoms with E-state index in [1.54, 1.807) is 30.9 Å². The van der Waals surface area contributed by atoms with Gasteiger partial charge >= 0.3 is 11.9 Å². The molecule has 0 aromatic carbocycles. The predicted molar refractivity (Wildman–Crippen MR) is 186 cm³/mol. The Kier molecular flexibility index (Phi) is 8.43. The van der Waals surface area contributed by atoms with Gasteiger partial charge in [-0.1, -0.05) is 54.0 Å². The van der Waals surface area contributed by atoms with E-state index in [-0.39, 0.29) is 57.7 Å². The number of nitrogens with zero attached hydrogens (tertiary/aromatic N) is 2. The van der Waals surface area contributed by atoms with Crippen LogP contribution in [0.5, 0.6) is 0 Å². The topological polar surface area (TPSA) is 128 Å². The molecule has 4 saturated carbocycles. The largest absolute Gasteiger partial charge is 0.481 e. The van der Waals surface area contributed by atoms with Gasteiger partial charge in [-0.05, 0) is 105 Å². The minimum atomic E-state index is -1.17. The fraction of sp³-hybridized carbons (Fsp3) is 0.775. The van der Waals surface area contributed by atoms with Crippen molar-refractivity contribution in [2.75, 3.05) is 0 Å². The maximum atomic E-state index is 13.9. The first-order valence-electron chi connectivity index (χ1n) is 18.6. The van der Waals surface area contributed by atoms with E-state index >= 15 is 0 Å². The van der Waals surface area contributed by atoms with Crippen molar-refractivity contribution in [3.05, 3.63) is 29.4 Å². The summed E-state index contributed by atoms with van der Waals surface area (Å²) in [6.07, 6.45) is 10.8. The number of carboxylic acid groups (broad SMARTS) is 1. The molecule has 2 N–H and O–H groups in total. The molecule has 0 bridgehead atoms. The number of rotatable bonds is 7. The number of hydrogen-bond donors (Lipinski definition) is 2. The molecule has 0 spiro atoms. The highest BCUT2D eigenvalue weighted by molar-refractivity contribution is 5.97. The number of carboxylic acids is 1. The molecule has 6 rings (SSSR count). The van der Waals surface area contributed by atoms with E-state index in [0.29, 0.717) is 24.0 Å². The molecule has 0 aliphatic heterocycles. The van der Waals surface area contributed by atoms with E-state index < -0.39 is 22.9 Å². The molecular weight excluding hydrogens is 618 g/mol. The second-order valence-electron chi connectivity index (χ2n) is 18.9. The molecule has 5 aliphatic carbocycles. The SMILES string of the molecule is CC(C)C1C(=O)C[C@]2(NC(=O)c3cn(C)cn3)CC[C@]3(C)C(=C12)CC[C@@H]1[C@@]2(C)CC[C@H](OC(=O)CC(C)(C)C(=O)O)C(C)(C)[C@@H]2CC[C@]13C. The minimum absolute atomic E-state index is 0.00819. The van der Waals surface area contributed by atoms with Crippen LogP contribution >= 0.6 is 0 Å². The highest BCUT2D eigenvalue weighted by Crippen LogP contribution is 2.75. The van der Waals surface area contributed by atoms with Crippen LogP contribution in [0.4, 0.5) is 0 Å². The van der Waals surface area contributed by atoms with Gasteiger partial charge in [0, 0.05) is 31.0 Å². The number of amides is 1. The summed E-state index contributed by atoms with van der Waals surface area (Å²) in [6.45, 7) is 19.4. The first-order chi connectivity index (χ1) is 22.6. The molecule has 0 radical (unpaired) electrons. The van der Waals surface area contributed by atoms with Crippen LogP contribution in [-0.2, 0) is 26.2 Å². The summed E-state index contributed by atoms with van der Waals surface area (Å²) in [5.74, 6) is -0.630. The number of ether oxygens (including phenoxy) is 1. The van der Waals surface area contributed by atoms with Gasteiger partial charge in [0.15, 0.2) is 0 Å². The van der Waals surface area contributed by atoms with Crippen LogP contribution in [0.15, 0.2) is 23.7 Å². The number of aliphatic carboxylic acids is 1. The van der Waals surface area contributed by atoms with Crippen LogP contribution in [0, 0.1) is 50.7 Å². The third-order valence-corrected chi connectivity index (χ3v) is 15.0. The zero-order valence-electron chi connectivity index (χ0n) is 31.5. The Morgan fingerprint density at radius 1 is 1.04 bits per heavy atom. The summed E-state index contributed by atoms with van der Waals surface area (Å²) in [4.78, 5) is 56.6. The molecule has 9 nitrogen and oxygen atoms in total. The summed E-state index contributed by atoms with van der Waals surface area (Å²) < 4.78 is 7.92. The van der Waals surface area contributed by atoms with Crippen LogP contribution < -0.4 is 5.32 Å². The third kappa shape index (κ3) is 5.25. The lowest BCUT2D eigenvalue weighted by Crippen LogP contribution is -2.65. The Labute approximate surface area is 292 Å². The van der Waals surface area contributed by atoms with Crippen molar-refractivity contribution in [1.82, 2.24) is 14.9 Å². The summed E-state index contributed by atoms with van der Waals surface area (Å²) in [7, 11) is 1.85. The smallest absolute Gasteiger partial charge is 0.309 e. The van der Waals surface area contributed by atoms with E-state index in [1.165, 1.54) is 11.1 Å². The molecule has 1 heterocycles. The molecule has 49 heavy (non-hydrogen) atoms. The van der Waals surface area contributed by atoms with Crippen molar-refractivity contribution in [3.8, 4) is 0 Å². The summed E-state index contributed by atoms with van der Waals surface area (Å²) in [6, 6.07) is 0. The number of esters is 1. The Bertz CT molecular complexity index is 1600. The summed E-state index contributed by atoms with van der Waals surface area (Å²) in [5.41, 5.74) is 0.869. The molecule has 1 aromatic rings. The van der Waals surface area contributed by atoms with Crippen LogP contribution in [-0.4, -0.2) is 49.9 Å². The van der Waals surface area contributed by atoms with Gasteiger partial charge in [-0.25, -0.2) is 4.98 Å². The molecule has 0 saturated heterocycles. The molecule has 4 fully saturated rings. The fourth-order valence-electron chi connectivity index (χ4n) is 12.3. The van der Waals surface area contributed by atoms with E-state index in [0.717, 1.165) is 51.4 Å². The molecule has 1 unspecified atom stereocenters. The van der Waals surface area contributed by atoms with Crippen LogP contribution in [0.25, 0.3) is 0 Å². The predicted octanol–water partition coefficient (Wildman–Crippen LogP) is 7.30. The quantitative estimate of drug-likeness (QED) is 0.229. The number of carbonyl (C=O) groups excluding carboxylic acids is 3. The maximum absolute atomic E-state index is 13.9. The number of Topliss-reactive ketones (excluding diaryl/α,β-unsaturated/α-hetero) is 1. The van der Waals surface area contributed by atoms with Gasteiger partial charge in [-0.2, -0.15) is 0 Å². The van der Waals surface area contributed by atoms with E-state index in [9.17, 15) is 24.3 Å². The van der Waals surface area contributed by atoms with Gasteiger partial charge in [0.05, 0.1) is 23.7 Å². The van der Waals surface area contributed by atoms with E-state index in [1.807, 2.05) is 7.05 Å². The van der Waals surface area contributed by atoms with Crippen LogP contribution in [0.1, 0.15) is 137 Å². The minimum Gasteiger partial charge on any atom is -0.481 e. The molecule has 1 aromatic heterocycles.